The summed E-state index contributed by atoms with van der Waals surface area (Å²) in [5, 5.41) is 3.21. The molecule has 0 fully saturated rings. The number of ether oxygens (including phenoxy) is 3. The lowest BCUT2D eigenvalue weighted by Gasteiger charge is -2.49. The van der Waals surface area contributed by atoms with Gasteiger partial charge in [0.2, 0.25) is 5.91 Å². The summed E-state index contributed by atoms with van der Waals surface area (Å²) in [7, 11) is -5.47. The monoisotopic (exact) mass is 704 g/mol. The van der Waals surface area contributed by atoms with Crippen molar-refractivity contribution in [3.63, 3.8) is 0 Å². The number of carbonyl (C=O) groups is 4. The third kappa shape index (κ3) is 11.8. The fourth-order valence-electron chi connectivity index (χ4n) is 5.65. The molecule has 0 aliphatic carbocycles. The minimum Gasteiger partial charge on any atom is -0.466 e. The largest absolute Gasteiger partial charge is 0.466 e. The average Bonchev–Trinajstić information content (AvgIpc) is 3.06. The van der Waals surface area contributed by atoms with Gasteiger partial charge in [-0.05, 0) is 48.3 Å². The third-order valence-corrected chi connectivity index (χ3v) is 9.64. The summed E-state index contributed by atoms with van der Waals surface area (Å²) >= 11 is 0. The highest BCUT2D eigenvalue weighted by molar-refractivity contribution is 7.53. The summed E-state index contributed by atoms with van der Waals surface area (Å²) in [6, 6.07) is 15.8. The van der Waals surface area contributed by atoms with Crippen molar-refractivity contribution in [1.29, 1.82) is 0 Å². The molecule has 0 aliphatic rings. The van der Waals surface area contributed by atoms with Crippen LogP contribution in [0.15, 0.2) is 54.6 Å². The maximum absolute atomic E-state index is 14.0. The van der Waals surface area contributed by atoms with Gasteiger partial charge in [-0.15, -0.1) is 0 Å². The quantitative estimate of drug-likeness (QED) is 0.0621. The highest BCUT2D eigenvalue weighted by Crippen LogP contribution is 2.57. The van der Waals surface area contributed by atoms with E-state index in [1.54, 1.807) is 48.5 Å². The van der Waals surface area contributed by atoms with Gasteiger partial charge in [0.05, 0.1) is 12.6 Å². The first-order valence-corrected chi connectivity index (χ1v) is 18.5. The van der Waals surface area contributed by atoms with Crippen LogP contribution in [0.25, 0.3) is 11.1 Å². The second-order valence-electron chi connectivity index (χ2n) is 12.5. The van der Waals surface area contributed by atoms with Gasteiger partial charge in [-0.25, -0.2) is 0 Å². The smallest absolute Gasteiger partial charge is 0.353 e. The van der Waals surface area contributed by atoms with Crippen LogP contribution in [0.1, 0.15) is 79.7 Å². The number of nitrogens with one attached hydrogen (secondary N) is 2. The molecule has 13 heteroatoms. The molecular weight excluding hydrogens is 651 g/mol. The van der Waals surface area contributed by atoms with Crippen molar-refractivity contribution in [2.45, 2.75) is 104 Å². The molecular formula is C36H53N2O10P. The molecule has 12 nitrogen and oxygen atoms in total. The molecule has 0 spiro atoms. The average molecular weight is 705 g/mol. The van der Waals surface area contributed by atoms with Crippen LogP contribution in [0.2, 0.25) is 0 Å². The first-order valence-electron chi connectivity index (χ1n) is 16.9. The van der Waals surface area contributed by atoms with Crippen molar-refractivity contribution < 1.29 is 47.7 Å². The van der Waals surface area contributed by atoms with Crippen LogP contribution in [0.4, 0.5) is 0 Å². The van der Waals surface area contributed by atoms with Gasteiger partial charge in [0.25, 0.3) is 0 Å². The zero-order chi connectivity index (χ0) is 36.8. The van der Waals surface area contributed by atoms with E-state index in [2.05, 4.69) is 10.6 Å². The highest BCUT2D eigenvalue weighted by Gasteiger charge is 2.64. The van der Waals surface area contributed by atoms with Gasteiger partial charge in [-0.3, -0.25) is 29.1 Å². The maximum atomic E-state index is 14.0. The minimum atomic E-state index is -5.47. The summed E-state index contributed by atoms with van der Waals surface area (Å²) < 4.78 is 30.5. The fraction of sp³-hybridized carbons (Fsp3) is 0.556. The topological polar surface area (TPSA) is 178 Å². The Kier molecular flexibility index (Phi) is 16.6. The Morgan fingerprint density at radius 1 is 0.776 bits per heavy atom. The Morgan fingerprint density at radius 3 is 1.73 bits per heavy atom. The van der Waals surface area contributed by atoms with E-state index < -0.39 is 66.8 Å². The van der Waals surface area contributed by atoms with Gasteiger partial charge >= 0.3 is 25.5 Å². The van der Waals surface area contributed by atoms with Gasteiger partial charge in [0, 0.05) is 25.8 Å². The third-order valence-electron chi connectivity index (χ3n) is 8.04. The first-order chi connectivity index (χ1) is 23.1. The summed E-state index contributed by atoms with van der Waals surface area (Å²) in [6.07, 6.45) is -2.95. The number of hydrogen-bond acceptors (Lipinski definition) is 9. The van der Waals surface area contributed by atoms with E-state index in [0.29, 0.717) is 5.56 Å². The fourth-order valence-corrected chi connectivity index (χ4v) is 7.34. The standard InChI is InChI=1S/C36H53N2O10P/c1-8-30(39)47-33(24(4)5)36(49(43,44)45,34(25(6)7)48-31(40)9-2)38-29(35(42)37-22-14-17-32(41)46-10-3)23-26-18-20-28(21-19-26)27-15-12-11-13-16-27/h11-13,15-16,18-21,24-25,29,33-34,38H,8-10,14,17,22-23H2,1-7H3,(H,37,42)(H2,43,44,45). The lowest BCUT2D eigenvalue weighted by atomic mass is 9.87. The van der Waals surface area contributed by atoms with Crippen LogP contribution in [-0.2, 0) is 44.4 Å². The molecule has 2 aromatic rings. The number of esters is 3. The molecule has 1 amide bonds. The molecule has 0 saturated heterocycles. The van der Waals surface area contributed by atoms with Gasteiger partial charge in [-0.1, -0.05) is 96.1 Å². The molecule has 2 aromatic carbocycles. The predicted molar refractivity (Wildman–Crippen MR) is 186 cm³/mol. The zero-order valence-electron chi connectivity index (χ0n) is 29.6. The second-order valence-corrected chi connectivity index (χ2v) is 14.4. The van der Waals surface area contributed by atoms with Crippen molar-refractivity contribution in [3.05, 3.63) is 60.2 Å². The van der Waals surface area contributed by atoms with E-state index in [-0.39, 0.29) is 45.3 Å². The van der Waals surface area contributed by atoms with Gasteiger partial charge in [0.1, 0.15) is 12.2 Å². The van der Waals surface area contributed by atoms with Crippen LogP contribution in [0, 0.1) is 11.8 Å². The summed E-state index contributed by atoms with van der Waals surface area (Å²) in [6.45, 7) is 11.6. The number of carbonyl (C=O) groups excluding carboxylic acids is 4. The Balaban J connectivity index is 2.72. The first kappa shape index (κ1) is 41.6. The highest BCUT2D eigenvalue weighted by atomic mass is 31.2. The molecule has 0 heterocycles. The Hall–Kier alpha value is -3.57. The van der Waals surface area contributed by atoms with E-state index in [9.17, 15) is 33.5 Å². The molecule has 0 radical (unpaired) electrons. The molecule has 49 heavy (non-hydrogen) atoms. The van der Waals surface area contributed by atoms with E-state index in [1.807, 2.05) is 54.6 Å². The summed E-state index contributed by atoms with van der Waals surface area (Å²) in [5.41, 5.74) is 2.58. The van der Waals surface area contributed by atoms with E-state index in [1.165, 1.54) is 0 Å². The molecule has 0 saturated carbocycles. The van der Waals surface area contributed by atoms with E-state index >= 15 is 0 Å². The summed E-state index contributed by atoms with van der Waals surface area (Å²) in [4.78, 5) is 74.0. The van der Waals surface area contributed by atoms with Crippen molar-refractivity contribution in [3.8, 4) is 11.1 Å². The van der Waals surface area contributed by atoms with Crippen molar-refractivity contribution in [2.24, 2.45) is 11.8 Å². The van der Waals surface area contributed by atoms with E-state index in [0.717, 1.165) is 11.1 Å². The molecule has 272 valence electrons. The number of amides is 1. The van der Waals surface area contributed by atoms with E-state index in [4.69, 9.17) is 14.2 Å². The lowest BCUT2D eigenvalue weighted by Crippen LogP contribution is -2.70. The number of hydrogen-bond donors (Lipinski definition) is 4. The van der Waals surface area contributed by atoms with Crippen LogP contribution in [0.5, 0.6) is 0 Å². The normalized spacial score (nSPS) is 14.8. The van der Waals surface area contributed by atoms with Crippen molar-refractivity contribution in [2.75, 3.05) is 13.2 Å². The Bertz CT molecular complexity index is 1380. The van der Waals surface area contributed by atoms with Crippen molar-refractivity contribution >= 4 is 31.4 Å². The Morgan fingerprint density at radius 2 is 1.29 bits per heavy atom. The SMILES string of the molecule is CCOC(=O)CCCNC(=O)C(Cc1ccc(-c2ccccc2)cc1)NC(C(OC(=O)CC)C(C)C)(C(OC(=O)CC)C(C)C)P(=O)(O)O. The molecule has 2 rings (SSSR count). The molecule has 3 atom stereocenters. The van der Waals surface area contributed by atoms with Gasteiger partial charge in [-0.2, -0.15) is 0 Å². The molecule has 4 N–H and O–H groups in total. The number of rotatable bonds is 20. The molecule has 3 unspecified atom stereocenters. The lowest BCUT2D eigenvalue weighted by molar-refractivity contribution is -0.169. The number of benzene rings is 2. The zero-order valence-corrected chi connectivity index (χ0v) is 30.5. The van der Waals surface area contributed by atoms with Crippen LogP contribution < -0.4 is 10.6 Å². The van der Waals surface area contributed by atoms with Crippen LogP contribution in [-0.4, -0.2) is 70.3 Å². The summed E-state index contributed by atoms with van der Waals surface area (Å²) in [5.74, 6) is -3.88. The van der Waals surface area contributed by atoms with Crippen LogP contribution >= 0.6 is 7.60 Å². The second kappa shape index (κ2) is 19.6. The molecule has 0 aliphatic heterocycles. The predicted octanol–water partition coefficient (Wildman–Crippen LogP) is 5.14. The minimum absolute atomic E-state index is 0.0421. The maximum Gasteiger partial charge on any atom is 0.353 e. The van der Waals surface area contributed by atoms with Crippen molar-refractivity contribution in [1.82, 2.24) is 10.6 Å². The Labute approximate surface area is 289 Å². The van der Waals surface area contributed by atoms with Gasteiger partial charge < -0.3 is 29.3 Å². The molecule has 0 bridgehead atoms. The van der Waals surface area contributed by atoms with Gasteiger partial charge in [0.15, 0.2) is 5.28 Å². The molecule has 0 aromatic heterocycles. The van der Waals surface area contributed by atoms with Crippen LogP contribution in [0.3, 0.4) is 0 Å².